The van der Waals surface area contributed by atoms with Crippen molar-refractivity contribution < 1.29 is 34.2 Å². The highest BCUT2D eigenvalue weighted by molar-refractivity contribution is 7.80. The van der Waals surface area contributed by atoms with E-state index < -0.39 is 60.2 Å². The lowest BCUT2D eigenvalue weighted by molar-refractivity contribution is -0.143. The first-order valence-electron chi connectivity index (χ1n) is 9.31. The van der Waals surface area contributed by atoms with Crippen molar-refractivity contribution in [1.29, 1.82) is 0 Å². The van der Waals surface area contributed by atoms with Gasteiger partial charge in [-0.1, -0.05) is 30.3 Å². The number of benzene rings is 1. The Morgan fingerprint density at radius 2 is 1.52 bits per heavy atom. The van der Waals surface area contributed by atoms with E-state index in [-0.39, 0.29) is 12.2 Å². The molecule has 0 aliphatic heterocycles. The fourth-order valence-corrected chi connectivity index (χ4v) is 2.73. The van der Waals surface area contributed by atoms with E-state index in [2.05, 4.69) is 28.6 Å². The lowest BCUT2D eigenvalue weighted by atomic mass is 10.1. The molecular weight excluding hydrogens is 428 g/mol. The van der Waals surface area contributed by atoms with E-state index in [0.29, 0.717) is 0 Å². The van der Waals surface area contributed by atoms with Gasteiger partial charge in [0.15, 0.2) is 0 Å². The van der Waals surface area contributed by atoms with Gasteiger partial charge in [-0.3, -0.25) is 19.2 Å². The molecule has 1 rings (SSSR count). The van der Waals surface area contributed by atoms with Gasteiger partial charge in [-0.25, -0.2) is 4.79 Å². The maximum absolute atomic E-state index is 12.4. The van der Waals surface area contributed by atoms with Gasteiger partial charge in [0.2, 0.25) is 17.7 Å². The van der Waals surface area contributed by atoms with Crippen LogP contribution in [0.5, 0.6) is 0 Å². The van der Waals surface area contributed by atoms with Crippen LogP contribution < -0.4 is 21.7 Å². The Labute approximate surface area is 184 Å². The molecule has 0 saturated carbocycles. The molecule has 0 aromatic heterocycles. The molecular formula is C19H26N4O7S. The third-order valence-electron chi connectivity index (χ3n) is 4.20. The predicted molar refractivity (Wildman–Crippen MR) is 113 cm³/mol. The van der Waals surface area contributed by atoms with Gasteiger partial charge in [0.25, 0.3) is 0 Å². The largest absolute Gasteiger partial charge is 0.481 e. The first-order valence-corrected chi connectivity index (χ1v) is 9.94. The molecule has 1 aromatic carbocycles. The SMILES string of the molecule is CC(NC(=O)C(N)Cc1ccccc1)C(=O)NC(CC(=O)O)C(=O)NC(CS)C(=O)O. The Hall–Kier alpha value is -3.12. The summed E-state index contributed by atoms with van der Waals surface area (Å²) in [5.41, 5.74) is 6.69. The number of nitrogens with two attached hydrogens (primary N) is 1. The van der Waals surface area contributed by atoms with Crippen LogP contribution in [0, 0.1) is 0 Å². The van der Waals surface area contributed by atoms with Crippen molar-refractivity contribution in [3.8, 4) is 0 Å². The van der Waals surface area contributed by atoms with Gasteiger partial charge in [0, 0.05) is 5.75 Å². The number of nitrogens with one attached hydrogen (secondary N) is 3. The molecule has 0 bridgehead atoms. The number of carbonyl (C=O) groups is 5. The van der Waals surface area contributed by atoms with Crippen molar-refractivity contribution in [3.63, 3.8) is 0 Å². The molecule has 170 valence electrons. The van der Waals surface area contributed by atoms with Gasteiger partial charge in [0.05, 0.1) is 12.5 Å². The van der Waals surface area contributed by atoms with Crippen LogP contribution >= 0.6 is 12.6 Å². The fraction of sp³-hybridized carbons (Fsp3) is 0.421. The van der Waals surface area contributed by atoms with Crippen LogP contribution in [-0.2, 0) is 30.4 Å². The second-order valence-electron chi connectivity index (χ2n) is 6.77. The molecule has 0 saturated heterocycles. The summed E-state index contributed by atoms with van der Waals surface area (Å²) in [5, 5.41) is 24.7. The van der Waals surface area contributed by atoms with Crippen LogP contribution in [0.25, 0.3) is 0 Å². The molecule has 31 heavy (non-hydrogen) atoms. The number of hydrogen-bond donors (Lipinski definition) is 7. The Morgan fingerprint density at radius 3 is 2.03 bits per heavy atom. The minimum Gasteiger partial charge on any atom is -0.481 e. The smallest absolute Gasteiger partial charge is 0.327 e. The average molecular weight is 455 g/mol. The molecule has 4 atom stereocenters. The van der Waals surface area contributed by atoms with E-state index in [0.717, 1.165) is 5.56 Å². The molecule has 0 radical (unpaired) electrons. The zero-order valence-corrected chi connectivity index (χ0v) is 17.7. The van der Waals surface area contributed by atoms with Crippen LogP contribution in [0.3, 0.4) is 0 Å². The summed E-state index contributed by atoms with van der Waals surface area (Å²) in [5.74, 6) is -5.43. The third kappa shape index (κ3) is 9.05. The summed E-state index contributed by atoms with van der Waals surface area (Å²) in [6.07, 6.45) is -0.546. The second-order valence-corrected chi connectivity index (χ2v) is 7.13. The number of rotatable bonds is 12. The van der Waals surface area contributed by atoms with Crippen LogP contribution in [0.2, 0.25) is 0 Å². The van der Waals surface area contributed by atoms with E-state index in [9.17, 15) is 24.0 Å². The Balaban J connectivity index is 2.71. The van der Waals surface area contributed by atoms with E-state index in [1.165, 1.54) is 6.92 Å². The van der Waals surface area contributed by atoms with Crippen molar-refractivity contribution >= 4 is 42.3 Å². The summed E-state index contributed by atoms with van der Waals surface area (Å²) in [7, 11) is 0. The van der Waals surface area contributed by atoms with Crippen molar-refractivity contribution in [3.05, 3.63) is 35.9 Å². The lowest BCUT2D eigenvalue weighted by Gasteiger charge is -2.22. The predicted octanol–water partition coefficient (Wildman–Crippen LogP) is -1.48. The summed E-state index contributed by atoms with van der Waals surface area (Å²) in [6.45, 7) is 1.34. The lowest BCUT2D eigenvalue weighted by Crippen LogP contribution is -2.57. The van der Waals surface area contributed by atoms with E-state index in [4.69, 9.17) is 15.9 Å². The summed E-state index contributed by atoms with van der Waals surface area (Å²) < 4.78 is 0. The van der Waals surface area contributed by atoms with Gasteiger partial charge in [-0.2, -0.15) is 12.6 Å². The van der Waals surface area contributed by atoms with E-state index in [1.54, 1.807) is 24.3 Å². The number of carboxylic acid groups (broad SMARTS) is 2. The fourth-order valence-electron chi connectivity index (χ4n) is 2.49. The molecule has 0 aliphatic carbocycles. The van der Waals surface area contributed by atoms with Crippen LogP contribution in [-0.4, -0.2) is 69.8 Å². The third-order valence-corrected chi connectivity index (χ3v) is 4.56. The topological polar surface area (TPSA) is 188 Å². The highest BCUT2D eigenvalue weighted by Crippen LogP contribution is 2.03. The van der Waals surface area contributed by atoms with E-state index in [1.807, 2.05) is 6.07 Å². The molecule has 0 fully saturated rings. The van der Waals surface area contributed by atoms with Crippen LogP contribution in [0.15, 0.2) is 30.3 Å². The number of hydrogen-bond acceptors (Lipinski definition) is 7. The molecule has 11 nitrogen and oxygen atoms in total. The Morgan fingerprint density at radius 1 is 0.935 bits per heavy atom. The molecule has 0 spiro atoms. The molecule has 4 unspecified atom stereocenters. The molecule has 0 aliphatic rings. The summed E-state index contributed by atoms with van der Waals surface area (Å²) in [6, 6.07) is 4.04. The number of carboxylic acids is 2. The van der Waals surface area contributed by atoms with Gasteiger partial charge >= 0.3 is 11.9 Å². The maximum Gasteiger partial charge on any atom is 0.327 e. The Kier molecular flexibility index (Phi) is 10.5. The van der Waals surface area contributed by atoms with Gasteiger partial charge in [-0.05, 0) is 18.9 Å². The van der Waals surface area contributed by atoms with Crippen molar-refractivity contribution in [2.24, 2.45) is 5.73 Å². The zero-order valence-electron chi connectivity index (χ0n) is 16.8. The number of thiol groups is 1. The molecule has 3 amide bonds. The van der Waals surface area contributed by atoms with Gasteiger partial charge in [-0.15, -0.1) is 0 Å². The first kappa shape index (κ1) is 25.9. The van der Waals surface area contributed by atoms with Crippen LogP contribution in [0.1, 0.15) is 18.9 Å². The highest BCUT2D eigenvalue weighted by Gasteiger charge is 2.29. The quantitative estimate of drug-likeness (QED) is 0.186. The first-order chi connectivity index (χ1) is 14.5. The molecule has 7 N–H and O–H groups in total. The average Bonchev–Trinajstić information content (AvgIpc) is 2.71. The second kappa shape index (κ2) is 12.5. The Bertz CT molecular complexity index is 806. The molecule has 12 heteroatoms. The molecule has 1 aromatic rings. The minimum absolute atomic E-state index is 0.236. The monoisotopic (exact) mass is 454 g/mol. The van der Waals surface area contributed by atoms with Gasteiger partial charge in [0.1, 0.15) is 18.1 Å². The number of aliphatic carboxylic acids is 2. The van der Waals surface area contributed by atoms with Gasteiger partial charge < -0.3 is 31.9 Å². The number of amides is 3. The van der Waals surface area contributed by atoms with Crippen LogP contribution in [0.4, 0.5) is 0 Å². The highest BCUT2D eigenvalue weighted by atomic mass is 32.1. The zero-order chi connectivity index (χ0) is 23.6. The summed E-state index contributed by atoms with van der Waals surface area (Å²) in [4.78, 5) is 59.0. The van der Waals surface area contributed by atoms with E-state index >= 15 is 0 Å². The molecule has 0 heterocycles. The van der Waals surface area contributed by atoms with Crippen molar-refractivity contribution in [1.82, 2.24) is 16.0 Å². The maximum atomic E-state index is 12.4. The minimum atomic E-state index is -1.55. The number of carbonyl (C=O) groups excluding carboxylic acids is 3. The van der Waals surface area contributed by atoms with Crippen molar-refractivity contribution in [2.75, 3.05) is 5.75 Å². The van der Waals surface area contributed by atoms with Crippen molar-refractivity contribution in [2.45, 2.75) is 43.9 Å². The standard InChI is InChI=1S/C19H26N4O7S/c1-10(21-17(27)12(20)7-11-5-3-2-4-6-11)16(26)22-13(8-15(24)25)18(28)23-14(9-31)19(29)30/h2-6,10,12-14,31H,7-9,20H2,1H3,(H,21,27)(H,22,26)(H,23,28)(H,24,25)(H,29,30). The normalized spacial score (nSPS) is 14.4. The summed E-state index contributed by atoms with van der Waals surface area (Å²) >= 11 is 3.80.